The Labute approximate surface area is 125 Å². The number of likely N-dealkylation sites (tertiary alicyclic amines) is 1. The number of aliphatic carboxylic acids is 1. The minimum Gasteiger partial charge on any atom is -0.481 e. The van der Waals surface area contributed by atoms with Crippen LogP contribution >= 0.6 is 0 Å². The largest absolute Gasteiger partial charge is 0.481 e. The van der Waals surface area contributed by atoms with Gasteiger partial charge in [0.15, 0.2) is 0 Å². The number of urea groups is 1. The third kappa shape index (κ3) is 3.35. The van der Waals surface area contributed by atoms with E-state index in [0.717, 1.165) is 12.0 Å². The van der Waals surface area contributed by atoms with Crippen LogP contribution in [0.1, 0.15) is 31.4 Å². The van der Waals surface area contributed by atoms with Crippen LogP contribution in [-0.4, -0.2) is 35.1 Å². The minimum absolute atomic E-state index is 0.189. The molecular weight excluding hydrogens is 268 g/mol. The lowest BCUT2D eigenvalue weighted by atomic mass is 9.90. The average molecular weight is 290 g/mol. The van der Waals surface area contributed by atoms with Crippen molar-refractivity contribution in [3.05, 3.63) is 35.4 Å². The molecular formula is C16H22N2O3. The fraction of sp³-hybridized carbons (Fsp3) is 0.500. The number of hydrogen-bond acceptors (Lipinski definition) is 2. The van der Waals surface area contributed by atoms with Crippen molar-refractivity contribution in [2.45, 2.75) is 33.2 Å². The Balaban J connectivity index is 1.93. The van der Waals surface area contributed by atoms with Crippen molar-refractivity contribution in [2.75, 3.05) is 13.1 Å². The third-order valence-electron chi connectivity index (χ3n) is 4.21. The molecule has 1 aliphatic rings. The van der Waals surface area contributed by atoms with Crippen molar-refractivity contribution in [3.8, 4) is 0 Å². The summed E-state index contributed by atoms with van der Waals surface area (Å²) in [4.78, 5) is 24.9. The molecule has 0 aliphatic carbocycles. The van der Waals surface area contributed by atoms with Gasteiger partial charge < -0.3 is 15.3 Å². The standard InChI is InChI=1S/C16H22N2O3/c1-3-12-6-4-5-7-13(12)10-17-15(21)18-9-8-16(2,11-18)14(19)20/h4-7H,3,8-11H2,1-2H3,(H,17,21)(H,19,20). The van der Waals surface area contributed by atoms with Crippen LogP contribution < -0.4 is 5.32 Å². The smallest absolute Gasteiger partial charge is 0.317 e. The molecule has 1 unspecified atom stereocenters. The summed E-state index contributed by atoms with van der Waals surface area (Å²) in [6.45, 7) is 5.01. The number of amides is 2. The summed E-state index contributed by atoms with van der Waals surface area (Å²) in [5.41, 5.74) is 1.50. The van der Waals surface area contributed by atoms with E-state index in [1.807, 2.05) is 18.2 Å². The highest BCUT2D eigenvalue weighted by atomic mass is 16.4. The number of nitrogens with one attached hydrogen (secondary N) is 1. The van der Waals surface area contributed by atoms with Gasteiger partial charge in [-0.2, -0.15) is 0 Å². The Hall–Kier alpha value is -2.04. The van der Waals surface area contributed by atoms with Gasteiger partial charge in [-0.3, -0.25) is 4.79 Å². The van der Waals surface area contributed by atoms with Crippen LogP contribution in [0.4, 0.5) is 4.79 Å². The van der Waals surface area contributed by atoms with Gasteiger partial charge in [-0.15, -0.1) is 0 Å². The van der Waals surface area contributed by atoms with E-state index in [4.69, 9.17) is 0 Å². The van der Waals surface area contributed by atoms with Crippen molar-refractivity contribution in [1.29, 1.82) is 0 Å². The fourth-order valence-corrected chi connectivity index (χ4v) is 2.67. The van der Waals surface area contributed by atoms with Crippen molar-refractivity contribution in [1.82, 2.24) is 10.2 Å². The molecule has 5 heteroatoms. The quantitative estimate of drug-likeness (QED) is 0.893. The number of carbonyl (C=O) groups excluding carboxylic acids is 1. The molecule has 2 rings (SSSR count). The van der Waals surface area contributed by atoms with E-state index < -0.39 is 11.4 Å². The molecule has 0 spiro atoms. The summed E-state index contributed by atoms with van der Waals surface area (Å²) in [5, 5.41) is 12.1. The maximum atomic E-state index is 12.2. The van der Waals surface area contributed by atoms with Gasteiger partial charge in [0.2, 0.25) is 0 Å². The highest BCUT2D eigenvalue weighted by Gasteiger charge is 2.42. The van der Waals surface area contributed by atoms with E-state index in [1.165, 1.54) is 5.56 Å². The molecule has 1 aromatic rings. The number of benzene rings is 1. The van der Waals surface area contributed by atoms with E-state index in [1.54, 1.807) is 11.8 Å². The van der Waals surface area contributed by atoms with Gasteiger partial charge in [-0.25, -0.2) is 4.79 Å². The molecule has 114 valence electrons. The predicted octanol–water partition coefficient (Wildman–Crippen LogP) is 2.26. The van der Waals surface area contributed by atoms with Gasteiger partial charge >= 0.3 is 12.0 Å². The summed E-state index contributed by atoms with van der Waals surface area (Å²) in [6, 6.07) is 7.82. The second-order valence-electron chi connectivity index (χ2n) is 5.82. The van der Waals surface area contributed by atoms with Crippen molar-refractivity contribution >= 4 is 12.0 Å². The lowest BCUT2D eigenvalue weighted by Gasteiger charge is -2.21. The van der Waals surface area contributed by atoms with E-state index in [9.17, 15) is 14.7 Å². The Morgan fingerprint density at radius 3 is 2.57 bits per heavy atom. The number of carbonyl (C=O) groups is 2. The SMILES string of the molecule is CCc1ccccc1CNC(=O)N1CCC(C)(C(=O)O)C1. The highest BCUT2D eigenvalue weighted by molar-refractivity contribution is 5.79. The highest BCUT2D eigenvalue weighted by Crippen LogP contribution is 2.30. The monoisotopic (exact) mass is 290 g/mol. The maximum absolute atomic E-state index is 12.2. The summed E-state index contributed by atoms with van der Waals surface area (Å²) >= 11 is 0. The molecule has 2 amide bonds. The van der Waals surface area contributed by atoms with Crippen LogP contribution in [0.3, 0.4) is 0 Å². The molecule has 1 saturated heterocycles. The molecule has 1 atom stereocenters. The molecule has 1 aromatic carbocycles. The molecule has 5 nitrogen and oxygen atoms in total. The predicted molar refractivity (Wildman–Crippen MR) is 80.0 cm³/mol. The van der Waals surface area contributed by atoms with E-state index in [-0.39, 0.29) is 12.6 Å². The minimum atomic E-state index is -0.839. The van der Waals surface area contributed by atoms with Gasteiger partial charge in [0.1, 0.15) is 0 Å². The molecule has 1 heterocycles. The maximum Gasteiger partial charge on any atom is 0.317 e. The zero-order chi connectivity index (χ0) is 15.5. The number of carboxylic acids is 1. The summed E-state index contributed by atoms with van der Waals surface area (Å²) in [5.74, 6) is -0.839. The molecule has 0 saturated carbocycles. The van der Waals surface area contributed by atoms with Gasteiger partial charge in [-0.1, -0.05) is 31.2 Å². The second kappa shape index (κ2) is 6.16. The number of rotatable bonds is 4. The molecule has 1 aliphatic heterocycles. The Bertz CT molecular complexity index is 544. The first-order valence-electron chi connectivity index (χ1n) is 7.29. The van der Waals surface area contributed by atoms with Gasteiger partial charge in [0.05, 0.1) is 5.41 Å². The van der Waals surface area contributed by atoms with Gasteiger partial charge in [0, 0.05) is 19.6 Å². The van der Waals surface area contributed by atoms with E-state index >= 15 is 0 Å². The van der Waals surface area contributed by atoms with Crippen LogP contribution in [0.2, 0.25) is 0 Å². The average Bonchev–Trinajstić information content (AvgIpc) is 2.89. The number of nitrogens with zero attached hydrogens (tertiary/aromatic N) is 1. The van der Waals surface area contributed by atoms with Crippen LogP contribution in [0, 0.1) is 5.41 Å². The molecule has 0 radical (unpaired) electrons. The lowest BCUT2D eigenvalue weighted by molar-refractivity contribution is -0.146. The number of aryl methyl sites for hydroxylation is 1. The van der Waals surface area contributed by atoms with Crippen LogP contribution in [0.15, 0.2) is 24.3 Å². The van der Waals surface area contributed by atoms with E-state index in [0.29, 0.717) is 19.5 Å². The number of hydrogen-bond donors (Lipinski definition) is 2. The third-order valence-corrected chi connectivity index (χ3v) is 4.21. The zero-order valence-electron chi connectivity index (χ0n) is 12.6. The first-order chi connectivity index (χ1) is 9.96. The van der Waals surface area contributed by atoms with E-state index in [2.05, 4.69) is 18.3 Å². The van der Waals surface area contributed by atoms with Crippen molar-refractivity contribution in [3.63, 3.8) is 0 Å². The van der Waals surface area contributed by atoms with Crippen molar-refractivity contribution in [2.24, 2.45) is 5.41 Å². The topological polar surface area (TPSA) is 69.6 Å². The van der Waals surface area contributed by atoms with Crippen LogP contribution in [-0.2, 0) is 17.8 Å². The van der Waals surface area contributed by atoms with Crippen LogP contribution in [0.5, 0.6) is 0 Å². The normalized spacial score (nSPS) is 21.3. The molecule has 21 heavy (non-hydrogen) atoms. The number of carboxylic acid groups (broad SMARTS) is 1. The van der Waals surface area contributed by atoms with Crippen LogP contribution in [0.25, 0.3) is 0 Å². The Kier molecular flexibility index (Phi) is 4.50. The Morgan fingerprint density at radius 1 is 1.33 bits per heavy atom. The summed E-state index contributed by atoms with van der Waals surface area (Å²) in [6.07, 6.45) is 1.42. The molecule has 0 bridgehead atoms. The molecule has 1 fully saturated rings. The molecule has 0 aromatic heterocycles. The first-order valence-corrected chi connectivity index (χ1v) is 7.29. The van der Waals surface area contributed by atoms with Gasteiger partial charge in [-0.05, 0) is 30.9 Å². The second-order valence-corrected chi connectivity index (χ2v) is 5.82. The van der Waals surface area contributed by atoms with Crippen molar-refractivity contribution < 1.29 is 14.7 Å². The fourth-order valence-electron chi connectivity index (χ4n) is 2.67. The molecule has 2 N–H and O–H groups in total. The summed E-state index contributed by atoms with van der Waals surface area (Å²) in [7, 11) is 0. The first kappa shape index (κ1) is 15.4. The Morgan fingerprint density at radius 2 is 2.00 bits per heavy atom. The van der Waals surface area contributed by atoms with Gasteiger partial charge in [0.25, 0.3) is 0 Å². The summed E-state index contributed by atoms with van der Waals surface area (Å²) < 4.78 is 0. The zero-order valence-corrected chi connectivity index (χ0v) is 12.6. The lowest BCUT2D eigenvalue weighted by Crippen LogP contribution is -2.40.